The van der Waals surface area contributed by atoms with Crippen molar-refractivity contribution in [3.63, 3.8) is 0 Å². The quantitative estimate of drug-likeness (QED) is 0.254. The zero-order valence-corrected chi connectivity index (χ0v) is 19.1. The Morgan fingerprint density at radius 1 is 0.808 bits per heavy atom. The van der Waals surface area contributed by atoms with Crippen molar-refractivity contribution in [3.05, 3.63) is 0 Å². The van der Waals surface area contributed by atoms with Crippen LogP contribution >= 0.6 is 0 Å². The predicted molar refractivity (Wildman–Crippen MR) is 99.4 cm³/mol. The average Bonchev–Trinajstić information content (AvgIpc) is 2.56. The van der Waals surface area contributed by atoms with Gasteiger partial charge in [0, 0.05) is 0 Å². The monoisotopic (exact) mass is 379 g/mol. The van der Waals surface area contributed by atoms with Gasteiger partial charge in [-0.3, -0.25) is 4.79 Å². The molecule has 0 heterocycles. The molecule has 0 unspecified atom stereocenters. The number of rotatable bonds is 19. The molecule has 0 spiro atoms. The van der Waals surface area contributed by atoms with Gasteiger partial charge >= 0.3 is 35.5 Å². The number of carboxylic acids is 2. The van der Waals surface area contributed by atoms with Gasteiger partial charge in [-0.2, -0.15) is 0 Å². The molecule has 0 radical (unpaired) electrons. The Kier molecular flexibility index (Phi) is 22.9. The van der Waals surface area contributed by atoms with Crippen LogP contribution < -0.4 is 40.0 Å². The molecule has 0 aromatic carbocycles. The number of hydrogen-bond acceptors (Lipinski definition) is 4. The van der Waals surface area contributed by atoms with Gasteiger partial charge in [0.05, 0.1) is 18.4 Å². The molecular weight excluding hydrogens is 341 g/mol. The molecule has 0 aliphatic heterocycles. The molecule has 26 heavy (non-hydrogen) atoms. The number of nitrogens with one attached hydrogen (secondary N) is 1. The fourth-order valence-electron chi connectivity index (χ4n) is 3.01. The largest absolute Gasteiger partial charge is 1.00 e. The summed E-state index contributed by atoms with van der Waals surface area (Å²) in [6.45, 7) is 2.78. The van der Waals surface area contributed by atoms with Gasteiger partial charge in [0.25, 0.3) is 0 Å². The van der Waals surface area contributed by atoms with E-state index in [1.165, 1.54) is 70.6 Å². The molecule has 2 N–H and O–H groups in total. The molecule has 0 saturated heterocycles. The minimum Gasteiger partial charge on any atom is -0.548 e. The number of carbonyl (C=O) groups excluding carboxylic acids is 1. The van der Waals surface area contributed by atoms with Gasteiger partial charge in [0.15, 0.2) is 0 Å². The minimum atomic E-state index is -1.34. The maximum atomic E-state index is 10.8. The topological polar surface area (TPSA) is 89.5 Å². The van der Waals surface area contributed by atoms with Crippen LogP contribution in [-0.2, 0) is 9.59 Å². The van der Waals surface area contributed by atoms with E-state index in [0.717, 1.165) is 19.3 Å². The van der Waals surface area contributed by atoms with E-state index in [-0.39, 0.29) is 29.6 Å². The van der Waals surface area contributed by atoms with Gasteiger partial charge < -0.3 is 20.3 Å². The van der Waals surface area contributed by atoms with Crippen LogP contribution in [-0.4, -0.2) is 29.6 Å². The molecule has 0 amide bonds. The van der Waals surface area contributed by atoms with E-state index in [1.54, 1.807) is 0 Å². The molecule has 1 atom stereocenters. The summed E-state index contributed by atoms with van der Waals surface area (Å²) in [7, 11) is 0. The van der Waals surface area contributed by atoms with Gasteiger partial charge in [0.2, 0.25) is 0 Å². The Balaban J connectivity index is 0. The molecule has 5 nitrogen and oxygen atoms in total. The van der Waals surface area contributed by atoms with Crippen LogP contribution in [0.2, 0.25) is 0 Å². The van der Waals surface area contributed by atoms with Gasteiger partial charge in [-0.1, -0.05) is 90.4 Å². The zero-order valence-electron chi connectivity index (χ0n) is 17.1. The molecule has 0 aromatic rings. The second-order valence-electron chi connectivity index (χ2n) is 7.02. The predicted octanol–water partition coefficient (Wildman–Crippen LogP) is 0.655. The normalized spacial score (nSPS) is 11.7. The Morgan fingerprint density at radius 2 is 1.19 bits per heavy atom. The van der Waals surface area contributed by atoms with Crippen molar-refractivity contribution in [1.82, 2.24) is 5.32 Å². The van der Waals surface area contributed by atoms with Gasteiger partial charge in [-0.05, 0) is 13.0 Å². The SMILES string of the molecule is CCCCCCCCCCCCCCCCN[C@@H](CC(=O)O)C(=O)[O-].[Na+]. The third-order valence-electron chi connectivity index (χ3n) is 4.58. The van der Waals surface area contributed by atoms with Crippen molar-refractivity contribution in [2.75, 3.05) is 6.54 Å². The van der Waals surface area contributed by atoms with Crippen LogP contribution in [0.25, 0.3) is 0 Å². The van der Waals surface area contributed by atoms with Crippen molar-refractivity contribution in [2.24, 2.45) is 0 Å². The Bertz CT molecular complexity index is 340. The standard InChI is InChI=1S/C20H39NO4.Na/c1-2-3-4-5-6-7-8-9-10-11-12-13-14-15-16-21-18(20(24)25)17-19(22)23;/h18,21H,2-17H2,1H3,(H,22,23)(H,24,25);/q;+1/p-1/t18-;/m0./s1. The van der Waals surface area contributed by atoms with E-state index in [4.69, 9.17) is 5.11 Å². The first-order valence-electron chi connectivity index (χ1n) is 10.2. The van der Waals surface area contributed by atoms with Gasteiger partial charge in [0.1, 0.15) is 0 Å². The summed E-state index contributed by atoms with van der Waals surface area (Å²) < 4.78 is 0. The van der Waals surface area contributed by atoms with Crippen LogP contribution in [0.3, 0.4) is 0 Å². The van der Waals surface area contributed by atoms with Crippen molar-refractivity contribution in [3.8, 4) is 0 Å². The Morgan fingerprint density at radius 3 is 1.54 bits per heavy atom. The van der Waals surface area contributed by atoms with Crippen molar-refractivity contribution < 1.29 is 49.4 Å². The summed E-state index contributed by atoms with van der Waals surface area (Å²) in [6.07, 6.45) is 17.5. The molecular formula is C20H38NNaO4. The van der Waals surface area contributed by atoms with Crippen LogP contribution in [0.4, 0.5) is 0 Å². The molecule has 0 fully saturated rings. The molecule has 0 rings (SSSR count). The number of aliphatic carboxylic acids is 2. The summed E-state index contributed by atoms with van der Waals surface area (Å²) in [5.41, 5.74) is 0. The average molecular weight is 380 g/mol. The fourth-order valence-corrected chi connectivity index (χ4v) is 3.01. The number of unbranched alkanes of at least 4 members (excludes halogenated alkanes) is 13. The number of carboxylic acid groups (broad SMARTS) is 2. The van der Waals surface area contributed by atoms with Crippen LogP contribution in [0, 0.1) is 0 Å². The number of carbonyl (C=O) groups is 2. The molecule has 6 heteroatoms. The third-order valence-corrected chi connectivity index (χ3v) is 4.58. The van der Waals surface area contributed by atoms with E-state index < -0.39 is 24.4 Å². The zero-order chi connectivity index (χ0) is 18.8. The fraction of sp³-hybridized carbons (Fsp3) is 0.900. The van der Waals surface area contributed by atoms with E-state index in [0.29, 0.717) is 6.54 Å². The van der Waals surface area contributed by atoms with E-state index in [2.05, 4.69) is 12.2 Å². The summed E-state index contributed by atoms with van der Waals surface area (Å²) >= 11 is 0. The summed E-state index contributed by atoms with van der Waals surface area (Å²) in [4.78, 5) is 21.3. The smallest absolute Gasteiger partial charge is 0.548 e. The van der Waals surface area contributed by atoms with Crippen LogP contribution in [0.1, 0.15) is 103 Å². The number of hydrogen-bond donors (Lipinski definition) is 2. The Hall–Kier alpha value is -0.100. The summed E-state index contributed by atoms with van der Waals surface area (Å²) in [5.74, 6) is -2.46. The van der Waals surface area contributed by atoms with Gasteiger partial charge in [-0.25, -0.2) is 0 Å². The molecule has 148 valence electrons. The second-order valence-corrected chi connectivity index (χ2v) is 7.02. The van der Waals surface area contributed by atoms with Crippen molar-refractivity contribution in [2.45, 2.75) is 109 Å². The molecule has 0 aliphatic rings. The first kappa shape index (κ1) is 28.1. The maximum absolute atomic E-state index is 10.8. The summed E-state index contributed by atoms with van der Waals surface area (Å²) in [5, 5.41) is 22.2. The first-order valence-corrected chi connectivity index (χ1v) is 10.2. The third kappa shape index (κ3) is 20.2. The molecule has 0 bridgehead atoms. The van der Waals surface area contributed by atoms with Crippen LogP contribution in [0.15, 0.2) is 0 Å². The molecule has 0 aromatic heterocycles. The maximum Gasteiger partial charge on any atom is 1.00 e. The molecule has 0 aliphatic carbocycles. The molecule has 0 saturated carbocycles. The van der Waals surface area contributed by atoms with E-state index in [9.17, 15) is 14.7 Å². The van der Waals surface area contributed by atoms with Crippen molar-refractivity contribution in [1.29, 1.82) is 0 Å². The minimum absolute atomic E-state index is 0. The van der Waals surface area contributed by atoms with Crippen molar-refractivity contribution >= 4 is 11.9 Å². The van der Waals surface area contributed by atoms with Gasteiger partial charge in [-0.15, -0.1) is 0 Å². The van der Waals surface area contributed by atoms with E-state index in [1.807, 2.05) is 0 Å². The summed E-state index contributed by atoms with van der Waals surface area (Å²) in [6, 6.07) is -1.08. The van der Waals surface area contributed by atoms with Crippen LogP contribution in [0.5, 0.6) is 0 Å². The first-order chi connectivity index (χ1) is 12.1. The Labute approximate surface area is 182 Å². The van der Waals surface area contributed by atoms with E-state index >= 15 is 0 Å². The second kappa shape index (κ2) is 21.2.